The Morgan fingerprint density at radius 3 is 3.62 bits per heavy atom. The minimum absolute atomic E-state index is 0.0316. The molecule has 0 radical (unpaired) electrons. The minimum Gasteiger partial charge on any atom is -0.497 e. The summed E-state index contributed by atoms with van der Waals surface area (Å²) in [6.07, 6.45) is 5.04. The normalized spacial score (nSPS) is 18.5. The molecule has 0 saturated heterocycles. The van der Waals surface area contributed by atoms with Crippen molar-refractivity contribution in [3.63, 3.8) is 0 Å². The first-order chi connectivity index (χ1) is 4.43. The highest BCUT2D eigenvalue weighted by molar-refractivity contribution is 5.12. The maximum atomic E-state index is 6.70. The van der Waals surface area contributed by atoms with E-state index in [2.05, 4.69) is 0 Å². The van der Waals surface area contributed by atoms with E-state index in [1.54, 1.807) is 18.4 Å². The van der Waals surface area contributed by atoms with Crippen LogP contribution in [-0.4, -0.2) is 13.7 Å². The van der Waals surface area contributed by atoms with Gasteiger partial charge in [0.2, 0.25) is 0 Å². The van der Waals surface area contributed by atoms with Gasteiger partial charge in [-0.15, -0.1) is 0 Å². The van der Waals surface area contributed by atoms with Gasteiger partial charge in [-0.2, -0.15) is 0 Å². The minimum atomic E-state index is -0.0316. The Labute approximate surface area is 49.8 Å². The fourth-order valence-corrected chi connectivity index (χ4v) is 0.476. The van der Waals surface area contributed by atoms with E-state index in [-0.39, 0.29) is 7.09 Å². The number of allylic oxidation sites excluding steroid dienone is 1. The van der Waals surface area contributed by atoms with Gasteiger partial charge < -0.3 is 9.47 Å². The van der Waals surface area contributed by atoms with Gasteiger partial charge >= 0.3 is 0 Å². The van der Waals surface area contributed by atoms with Crippen LogP contribution in [0.1, 0.15) is 1.37 Å². The zero-order valence-corrected chi connectivity index (χ0v) is 4.46. The summed E-state index contributed by atoms with van der Waals surface area (Å²) in [7, 11) is -0.0316. The molecule has 2 heteroatoms. The summed E-state index contributed by atoms with van der Waals surface area (Å²) in [6.45, 7) is 0.547. The molecule has 1 heterocycles. The van der Waals surface area contributed by atoms with Crippen molar-refractivity contribution in [3.8, 4) is 0 Å². The van der Waals surface area contributed by atoms with E-state index in [1.165, 1.54) is 0 Å². The molecule has 1 aliphatic heterocycles. The second-order valence-electron chi connectivity index (χ2n) is 1.39. The summed E-state index contributed by atoms with van der Waals surface area (Å²) < 4.78 is 16.4. The molecule has 0 saturated carbocycles. The van der Waals surface area contributed by atoms with Gasteiger partial charge in [-0.3, -0.25) is 0 Å². The third-order valence-corrected chi connectivity index (χ3v) is 0.876. The highest BCUT2D eigenvalue weighted by Crippen LogP contribution is 2.02. The highest BCUT2D eigenvalue weighted by Gasteiger charge is 1.92. The maximum absolute atomic E-state index is 6.70. The van der Waals surface area contributed by atoms with Crippen LogP contribution >= 0.6 is 0 Å². The van der Waals surface area contributed by atoms with Crippen LogP contribution in [0.15, 0.2) is 24.2 Å². The molecule has 0 aromatic rings. The van der Waals surface area contributed by atoms with Gasteiger partial charge in [-0.25, -0.2) is 0 Å². The molecular formula is C6H8O2. The van der Waals surface area contributed by atoms with E-state index in [9.17, 15) is 0 Å². The number of methoxy groups -OCH3 is 1. The number of ether oxygens (including phenoxy) is 2. The van der Waals surface area contributed by atoms with Gasteiger partial charge in [0, 0.05) is 6.08 Å². The van der Waals surface area contributed by atoms with Crippen LogP contribution in [0, 0.1) is 0 Å². The van der Waals surface area contributed by atoms with E-state index in [4.69, 9.17) is 10.8 Å². The monoisotopic (exact) mass is 113 g/mol. The summed E-state index contributed by atoms with van der Waals surface area (Å²) in [6, 6.07) is 0. The molecule has 0 unspecified atom stereocenters. The van der Waals surface area contributed by atoms with Crippen molar-refractivity contribution in [2.45, 2.75) is 0 Å². The molecule has 0 aromatic carbocycles. The molecule has 0 N–H and O–H groups in total. The zero-order chi connectivity index (χ0) is 6.53. The molecule has 0 atom stereocenters. The van der Waals surface area contributed by atoms with Gasteiger partial charge in [-0.05, 0) is 6.08 Å². The molecule has 0 amide bonds. The lowest BCUT2D eigenvalue weighted by Gasteiger charge is -2.04. The molecule has 8 heavy (non-hydrogen) atoms. The van der Waals surface area contributed by atoms with Crippen molar-refractivity contribution >= 4 is 0 Å². The summed E-state index contributed by atoms with van der Waals surface area (Å²) in [5.74, 6) is 0.719. The van der Waals surface area contributed by atoms with Crippen molar-refractivity contribution in [1.82, 2.24) is 0 Å². The van der Waals surface area contributed by atoms with Crippen LogP contribution in [0.4, 0.5) is 0 Å². The van der Waals surface area contributed by atoms with Crippen molar-refractivity contribution in [1.29, 1.82) is 0 Å². The Kier molecular flexibility index (Phi) is 1.20. The van der Waals surface area contributed by atoms with Crippen LogP contribution in [0.5, 0.6) is 0 Å². The van der Waals surface area contributed by atoms with Gasteiger partial charge in [0.1, 0.15) is 12.4 Å². The van der Waals surface area contributed by atoms with Crippen molar-refractivity contribution < 1.29 is 10.8 Å². The van der Waals surface area contributed by atoms with E-state index in [1.807, 2.05) is 0 Å². The van der Waals surface area contributed by atoms with Gasteiger partial charge in [-0.1, -0.05) is 0 Å². The molecular weight excluding hydrogens is 104 g/mol. The molecule has 1 rings (SSSR count). The summed E-state index contributed by atoms with van der Waals surface area (Å²) in [5.41, 5.74) is 0. The Balaban J connectivity index is 2.38. The second kappa shape index (κ2) is 2.40. The van der Waals surface area contributed by atoms with Crippen LogP contribution in [0.25, 0.3) is 0 Å². The van der Waals surface area contributed by atoms with Gasteiger partial charge in [0.05, 0.1) is 14.7 Å². The molecule has 0 aliphatic carbocycles. The van der Waals surface area contributed by atoms with E-state index in [0.717, 1.165) is 5.76 Å². The van der Waals surface area contributed by atoms with E-state index < -0.39 is 0 Å². The quantitative estimate of drug-likeness (QED) is 0.506. The Bertz CT molecular complexity index is 140. The molecule has 1 aliphatic rings. The van der Waals surface area contributed by atoms with Crippen LogP contribution < -0.4 is 0 Å². The number of rotatable bonds is 1. The first-order valence-electron chi connectivity index (χ1n) is 3.04. The predicted molar refractivity (Wildman–Crippen MR) is 30.2 cm³/mol. The molecule has 2 nitrogen and oxygen atoms in total. The third-order valence-electron chi connectivity index (χ3n) is 0.876. The zero-order valence-electron chi connectivity index (χ0n) is 5.46. The largest absolute Gasteiger partial charge is 0.497 e. The smallest absolute Gasteiger partial charge is 0.121 e. The molecule has 44 valence electrons. The van der Waals surface area contributed by atoms with Crippen molar-refractivity contribution in [3.05, 3.63) is 24.2 Å². The fraction of sp³-hybridized carbons (Fsp3) is 0.333. The summed E-state index contributed by atoms with van der Waals surface area (Å²) >= 11 is 0. The molecule has 0 aromatic heterocycles. The maximum Gasteiger partial charge on any atom is 0.121 e. The topological polar surface area (TPSA) is 18.5 Å². The van der Waals surface area contributed by atoms with Crippen LogP contribution in [-0.2, 0) is 9.47 Å². The van der Waals surface area contributed by atoms with Gasteiger partial charge in [0.25, 0.3) is 0 Å². The van der Waals surface area contributed by atoms with Crippen molar-refractivity contribution in [2.75, 3.05) is 13.7 Å². The highest BCUT2D eigenvalue weighted by atomic mass is 16.5. The Morgan fingerprint density at radius 2 is 3.00 bits per heavy atom. The van der Waals surface area contributed by atoms with Gasteiger partial charge in [0.15, 0.2) is 0 Å². The Morgan fingerprint density at radius 1 is 2.00 bits per heavy atom. The first-order valence-corrected chi connectivity index (χ1v) is 2.34. The predicted octanol–water partition coefficient (Wildman–Crippen LogP) is 1.06. The average Bonchev–Trinajstić information content (AvgIpc) is 1.91. The van der Waals surface area contributed by atoms with E-state index in [0.29, 0.717) is 6.61 Å². The standard InChI is InChI=1S/C6H8O2/c1-7-6-2-4-8-5-3-6/h2-4H,5H2,1H3/i1D. The number of hydrogen-bond donors (Lipinski definition) is 0. The lowest BCUT2D eigenvalue weighted by Crippen LogP contribution is -1.92. The summed E-state index contributed by atoms with van der Waals surface area (Å²) in [5, 5.41) is 0. The van der Waals surface area contributed by atoms with Crippen molar-refractivity contribution in [2.24, 2.45) is 0 Å². The molecule has 0 bridgehead atoms. The Hall–Kier alpha value is -0.920. The van der Waals surface area contributed by atoms with Crippen LogP contribution in [0.2, 0.25) is 0 Å². The lowest BCUT2D eigenvalue weighted by molar-refractivity contribution is 0.250. The summed E-state index contributed by atoms with van der Waals surface area (Å²) in [4.78, 5) is 0. The third kappa shape index (κ3) is 1.03. The first kappa shape index (κ1) is 4.01. The van der Waals surface area contributed by atoms with Crippen LogP contribution in [0.3, 0.4) is 0 Å². The molecule has 0 fully saturated rings. The lowest BCUT2D eigenvalue weighted by atomic mass is 10.4. The van der Waals surface area contributed by atoms with E-state index >= 15 is 0 Å². The molecule has 0 spiro atoms. The SMILES string of the molecule is [2H]COC1=CCOC=C1. The second-order valence-corrected chi connectivity index (χ2v) is 1.39. The number of hydrogen-bond acceptors (Lipinski definition) is 2. The average molecular weight is 113 g/mol. The fourth-order valence-electron chi connectivity index (χ4n) is 0.476.